The van der Waals surface area contributed by atoms with Crippen LogP contribution in [0.5, 0.6) is 0 Å². The Kier molecular flexibility index (Phi) is 10.4. The van der Waals surface area contributed by atoms with Crippen molar-refractivity contribution in [2.24, 2.45) is 0 Å². The van der Waals surface area contributed by atoms with E-state index in [0.29, 0.717) is 12.0 Å². The van der Waals surface area contributed by atoms with Crippen LogP contribution < -0.4 is 0 Å². The van der Waals surface area contributed by atoms with Crippen molar-refractivity contribution in [3.8, 4) is 0 Å². The molecule has 0 radical (unpaired) electrons. The molecule has 0 aliphatic heterocycles. The number of carboxylic acid groups (broad SMARTS) is 1. The predicted octanol–water partition coefficient (Wildman–Crippen LogP) is 0.924. The maximum atomic E-state index is 10.8. The van der Waals surface area contributed by atoms with Crippen molar-refractivity contribution in [2.45, 2.75) is 6.42 Å². The third-order valence-corrected chi connectivity index (χ3v) is 1.51. The smallest absolute Gasteiger partial charge is 0.333 e. The third-order valence-electron chi connectivity index (χ3n) is 1.51. The lowest BCUT2D eigenvalue weighted by Crippen LogP contribution is -2.16. The van der Waals surface area contributed by atoms with Crippen molar-refractivity contribution in [3.05, 3.63) is 24.8 Å². The molecule has 1 N–H and O–H groups in total. The van der Waals surface area contributed by atoms with Crippen LogP contribution >= 0.6 is 0 Å². The highest BCUT2D eigenvalue weighted by molar-refractivity contribution is 5.87. The highest BCUT2D eigenvalue weighted by Crippen LogP contribution is 2.00. The van der Waals surface area contributed by atoms with Crippen molar-refractivity contribution in [2.75, 3.05) is 27.7 Å². The zero-order chi connectivity index (χ0) is 13.1. The Hall–Kier alpha value is -1.62. The fourth-order valence-electron chi connectivity index (χ4n) is 0.605. The van der Waals surface area contributed by atoms with E-state index in [4.69, 9.17) is 5.11 Å². The fraction of sp³-hybridized carbons (Fsp3) is 0.455. The number of methoxy groups -OCH3 is 1. The first-order valence-electron chi connectivity index (χ1n) is 4.61. The molecule has 0 aromatic rings. The number of rotatable bonds is 5. The Morgan fingerprint density at radius 2 is 1.88 bits per heavy atom. The number of carboxylic acids is 1. The summed E-state index contributed by atoms with van der Waals surface area (Å²) in [6.07, 6.45) is 1.50. The molecule has 0 atom stereocenters. The highest BCUT2D eigenvalue weighted by atomic mass is 16.5. The first-order valence-corrected chi connectivity index (χ1v) is 4.61. The van der Waals surface area contributed by atoms with Gasteiger partial charge in [-0.2, -0.15) is 0 Å². The van der Waals surface area contributed by atoms with Crippen LogP contribution in [0.3, 0.4) is 0 Å². The van der Waals surface area contributed by atoms with Crippen LogP contribution in [0, 0.1) is 0 Å². The Labute approximate surface area is 96.0 Å². The number of carbonyl (C=O) groups is 2. The van der Waals surface area contributed by atoms with Gasteiger partial charge in [0.15, 0.2) is 0 Å². The van der Waals surface area contributed by atoms with Gasteiger partial charge in [0.05, 0.1) is 7.11 Å². The molecule has 0 spiro atoms. The maximum absolute atomic E-state index is 10.8. The molecule has 92 valence electrons. The van der Waals surface area contributed by atoms with Crippen molar-refractivity contribution < 1.29 is 19.4 Å². The molecular weight excluding hydrogens is 210 g/mol. The molecule has 0 aromatic heterocycles. The number of ether oxygens (including phenoxy) is 1. The molecule has 0 aliphatic rings. The summed E-state index contributed by atoms with van der Waals surface area (Å²) in [5, 5.41) is 7.60. The van der Waals surface area contributed by atoms with Crippen LogP contribution in [-0.2, 0) is 14.3 Å². The van der Waals surface area contributed by atoms with Gasteiger partial charge in [0, 0.05) is 18.2 Å². The lowest BCUT2D eigenvalue weighted by Gasteiger charge is -2.09. The topological polar surface area (TPSA) is 66.8 Å². The first-order chi connectivity index (χ1) is 7.34. The summed E-state index contributed by atoms with van der Waals surface area (Å²) in [5.41, 5.74) is 0.529. The second kappa shape index (κ2) is 9.92. The van der Waals surface area contributed by atoms with Crippen LogP contribution in [0.25, 0.3) is 0 Å². The quantitative estimate of drug-likeness (QED) is 0.561. The molecule has 16 heavy (non-hydrogen) atoms. The van der Waals surface area contributed by atoms with Crippen molar-refractivity contribution in [3.63, 3.8) is 0 Å². The minimum absolute atomic E-state index is 0.313. The fourth-order valence-corrected chi connectivity index (χ4v) is 0.605. The van der Waals surface area contributed by atoms with Crippen LogP contribution in [0.2, 0.25) is 0 Å². The van der Waals surface area contributed by atoms with Gasteiger partial charge in [-0.3, -0.25) is 0 Å². The number of hydrogen-bond acceptors (Lipinski definition) is 4. The van der Waals surface area contributed by atoms with Crippen molar-refractivity contribution in [1.82, 2.24) is 4.90 Å². The number of nitrogens with zero attached hydrogens (tertiary/aromatic N) is 1. The van der Waals surface area contributed by atoms with Crippen LogP contribution in [0.4, 0.5) is 0 Å². The van der Waals surface area contributed by atoms with Crippen LogP contribution in [0.15, 0.2) is 24.8 Å². The molecule has 0 saturated heterocycles. The summed E-state index contributed by atoms with van der Waals surface area (Å²) in [5.74, 6) is -1.29. The van der Waals surface area contributed by atoms with E-state index in [1.54, 1.807) is 0 Å². The molecule has 0 amide bonds. The lowest BCUT2D eigenvalue weighted by molar-refractivity contribution is -0.136. The van der Waals surface area contributed by atoms with Gasteiger partial charge >= 0.3 is 11.9 Å². The monoisotopic (exact) mass is 229 g/mol. The number of hydrogen-bond donors (Lipinski definition) is 1. The summed E-state index contributed by atoms with van der Waals surface area (Å²) in [6, 6.07) is 0. The minimum atomic E-state index is -0.981. The average Bonchev–Trinajstić information content (AvgIpc) is 2.25. The van der Waals surface area contributed by atoms with Gasteiger partial charge in [-0.25, -0.2) is 9.59 Å². The molecular formula is C11H19NO4. The van der Waals surface area contributed by atoms with Gasteiger partial charge in [0.25, 0.3) is 0 Å². The molecule has 5 heteroatoms. The number of carbonyl (C=O) groups excluding carboxylic acids is 1. The molecule has 0 aromatic carbocycles. The third kappa shape index (κ3) is 12.4. The van der Waals surface area contributed by atoms with E-state index in [1.165, 1.54) is 7.11 Å². The van der Waals surface area contributed by atoms with E-state index in [9.17, 15) is 9.59 Å². The molecule has 0 rings (SSSR count). The van der Waals surface area contributed by atoms with Crippen molar-refractivity contribution >= 4 is 11.9 Å². The van der Waals surface area contributed by atoms with Crippen LogP contribution in [0.1, 0.15) is 6.42 Å². The Balaban J connectivity index is 0. The standard InChI is InChI=1S/C8H15NO2.C3H4O2/c1-7(8(10)11-4)5-6-9(2)3;1-2-3(4)5/h1,5-6H2,2-4H3;2H,1H2,(H,4,5). The lowest BCUT2D eigenvalue weighted by atomic mass is 10.2. The van der Waals surface area contributed by atoms with Gasteiger partial charge in [-0.1, -0.05) is 13.2 Å². The van der Waals surface area contributed by atoms with E-state index in [2.05, 4.69) is 17.9 Å². The second-order valence-corrected chi connectivity index (χ2v) is 3.19. The molecule has 0 bridgehead atoms. The molecule has 0 heterocycles. The summed E-state index contributed by atoms with van der Waals surface area (Å²) in [7, 11) is 5.26. The second-order valence-electron chi connectivity index (χ2n) is 3.19. The molecule has 5 nitrogen and oxygen atoms in total. The normalized spacial score (nSPS) is 8.75. The number of esters is 1. The van der Waals surface area contributed by atoms with E-state index in [0.717, 1.165) is 12.6 Å². The van der Waals surface area contributed by atoms with Gasteiger partial charge in [0.1, 0.15) is 0 Å². The van der Waals surface area contributed by atoms with Gasteiger partial charge < -0.3 is 14.7 Å². The average molecular weight is 229 g/mol. The summed E-state index contributed by atoms with van der Waals surface area (Å²) in [6.45, 7) is 7.38. The number of aliphatic carboxylic acids is 1. The SMILES string of the molecule is C=C(CCN(C)C)C(=O)OC.C=CC(=O)O. The first kappa shape index (κ1) is 16.8. The van der Waals surface area contributed by atoms with E-state index in [-0.39, 0.29) is 5.97 Å². The molecule has 0 unspecified atom stereocenters. The van der Waals surface area contributed by atoms with Gasteiger partial charge in [-0.15, -0.1) is 0 Å². The summed E-state index contributed by atoms with van der Waals surface area (Å²) < 4.78 is 4.49. The molecule has 0 aliphatic carbocycles. The largest absolute Gasteiger partial charge is 0.478 e. The summed E-state index contributed by atoms with van der Waals surface area (Å²) >= 11 is 0. The zero-order valence-electron chi connectivity index (χ0n) is 10.0. The van der Waals surface area contributed by atoms with Gasteiger partial charge in [0.2, 0.25) is 0 Å². The Morgan fingerprint density at radius 1 is 1.44 bits per heavy atom. The highest BCUT2D eigenvalue weighted by Gasteiger charge is 2.05. The minimum Gasteiger partial charge on any atom is -0.478 e. The van der Waals surface area contributed by atoms with E-state index in [1.807, 2.05) is 19.0 Å². The van der Waals surface area contributed by atoms with Gasteiger partial charge in [-0.05, 0) is 20.5 Å². The van der Waals surface area contributed by atoms with Crippen LogP contribution in [-0.4, -0.2) is 49.7 Å². The van der Waals surface area contributed by atoms with E-state index < -0.39 is 5.97 Å². The zero-order valence-corrected chi connectivity index (χ0v) is 10.0. The van der Waals surface area contributed by atoms with Crippen molar-refractivity contribution in [1.29, 1.82) is 0 Å². The Bertz CT molecular complexity index is 259. The Morgan fingerprint density at radius 3 is 2.12 bits per heavy atom. The molecule has 0 saturated carbocycles. The predicted molar refractivity (Wildman–Crippen MR) is 62.2 cm³/mol. The van der Waals surface area contributed by atoms with E-state index >= 15 is 0 Å². The maximum Gasteiger partial charge on any atom is 0.333 e. The summed E-state index contributed by atoms with van der Waals surface area (Å²) in [4.78, 5) is 22.0. The molecule has 0 fully saturated rings.